The molecule has 0 heterocycles. The number of rotatable bonds is 5. The van der Waals surface area contributed by atoms with E-state index in [1.165, 1.54) is 19.3 Å². The third kappa shape index (κ3) is 3.44. The lowest BCUT2D eigenvalue weighted by Crippen LogP contribution is -2.59. The van der Waals surface area contributed by atoms with Crippen LogP contribution in [0.4, 0.5) is 0 Å². The molecule has 4 aliphatic rings. The van der Waals surface area contributed by atoms with E-state index < -0.39 is 0 Å². The lowest BCUT2D eigenvalue weighted by molar-refractivity contribution is -0.170. The summed E-state index contributed by atoms with van der Waals surface area (Å²) in [4.78, 5) is 13.2. The maximum atomic E-state index is 13.2. The molecule has 6 heteroatoms. The molecule has 2 N–H and O–H groups in total. The van der Waals surface area contributed by atoms with E-state index in [9.17, 15) is 9.90 Å². The van der Waals surface area contributed by atoms with E-state index in [1.54, 1.807) is 18.3 Å². The summed E-state index contributed by atoms with van der Waals surface area (Å²) in [6.45, 7) is 7.05. The van der Waals surface area contributed by atoms with Gasteiger partial charge in [-0.2, -0.15) is 5.10 Å². The third-order valence-corrected chi connectivity index (χ3v) is 7.44. The Hall–Kier alpha value is -1.56. The minimum Gasteiger partial charge on any atom is -0.503 e. The number of nitrogens with zero attached hydrogens (tertiary/aromatic N) is 1. The van der Waals surface area contributed by atoms with Gasteiger partial charge < -0.3 is 9.84 Å². The molecule has 5 nitrogen and oxygen atoms in total. The summed E-state index contributed by atoms with van der Waals surface area (Å²) in [6, 6.07) is 3.46. The van der Waals surface area contributed by atoms with E-state index in [0.717, 1.165) is 24.8 Å². The maximum absolute atomic E-state index is 13.2. The first-order valence-electron chi connectivity index (χ1n) is 10.1. The van der Waals surface area contributed by atoms with Crippen LogP contribution >= 0.6 is 15.9 Å². The molecule has 0 radical (unpaired) electrons. The fourth-order valence-corrected chi connectivity index (χ4v) is 7.38. The lowest BCUT2D eigenvalue weighted by atomic mass is 9.40. The van der Waals surface area contributed by atoms with E-state index in [2.05, 4.69) is 40.3 Å². The van der Waals surface area contributed by atoms with E-state index in [1.807, 2.05) is 6.92 Å². The number of halogens is 1. The minimum atomic E-state index is -0.272. The monoisotopic (exact) mass is 448 g/mol. The SMILES string of the molecule is CCOc1cc(/C=N/NC(=O)C23CC4CC(C)(CC(C)(C4)C2)C3)cc(Br)c1O. The van der Waals surface area contributed by atoms with Gasteiger partial charge in [-0.05, 0) is 95.8 Å². The Labute approximate surface area is 175 Å². The highest BCUT2D eigenvalue weighted by atomic mass is 79.9. The fourth-order valence-electron chi connectivity index (χ4n) is 6.92. The van der Waals surface area contributed by atoms with Crippen molar-refractivity contribution in [2.24, 2.45) is 27.3 Å². The van der Waals surface area contributed by atoms with Crippen molar-refractivity contribution in [3.8, 4) is 11.5 Å². The fraction of sp³-hybridized carbons (Fsp3) is 0.636. The smallest absolute Gasteiger partial charge is 0.246 e. The average Bonchev–Trinajstić information content (AvgIpc) is 2.56. The number of carbonyl (C=O) groups excluding carboxylic acids is 1. The van der Waals surface area contributed by atoms with Crippen LogP contribution in [0.3, 0.4) is 0 Å². The molecule has 2 unspecified atom stereocenters. The number of benzene rings is 1. The molecule has 1 amide bonds. The van der Waals surface area contributed by atoms with Gasteiger partial charge in [-0.25, -0.2) is 5.43 Å². The van der Waals surface area contributed by atoms with Gasteiger partial charge >= 0.3 is 0 Å². The highest BCUT2D eigenvalue weighted by molar-refractivity contribution is 9.10. The Morgan fingerprint density at radius 3 is 2.57 bits per heavy atom. The Morgan fingerprint density at radius 1 is 1.29 bits per heavy atom. The quantitative estimate of drug-likeness (QED) is 0.491. The van der Waals surface area contributed by atoms with Crippen LogP contribution < -0.4 is 10.2 Å². The Kier molecular flexibility index (Phi) is 4.76. The number of amides is 1. The van der Waals surface area contributed by atoms with Gasteiger partial charge in [0.1, 0.15) is 0 Å². The average molecular weight is 449 g/mol. The molecule has 4 aliphatic carbocycles. The van der Waals surface area contributed by atoms with Crippen LogP contribution in [0.5, 0.6) is 11.5 Å². The molecule has 0 spiro atoms. The van der Waals surface area contributed by atoms with E-state index in [4.69, 9.17) is 4.74 Å². The Morgan fingerprint density at radius 2 is 1.96 bits per heavy atom. The second-order valence-corrected chi connectivity index (χ2v) is 10.7. The normalized spacial score (nSPS) is 36.1. The Bertz CT molecular complexity index is 819. The minimum absolute atomic E-state index is 0.0631. The second-order valence-electron chi connectivity index (χ2n) is 9.89. The Balaban J connectivity index is 1.49. The van der Waals surface area contributed by atoms with Gasteiger partial charge in [0.05, 0.1) is 22.7 Å². The lowest BCUT2D eigenvalue weighted by Gasteiger charge is -2.64. The predicted octanol–water partition coefficient (Wildman–Crippen LogP) is 5.00. The van der Waals surface area contributed by atoms with E-state index in [0.29, 0.717) is 33.6 Å². The van der Waals surface area contributed by atoms with Crippen LogP contribution in [0.2, 0.25) is 0 Å². The molecule has 1 aromatic carbocycles. The van der Waals surface area contributed by atoms with Crippen molar-refractivity contribution in [2.75, 3.05) is 6.61 Å². The van der Waals surface area contributed by atoms with Gasteiger partial charge in [0.2, 0.25) is 5.91 Å². The van der Waals surface area contributed by atoms with Crippen LogP contribution in [0.1, 0.15) is 64.9 Å². The van der Waals surface area contributed by atoms with Crippen molar-refractivity contribution in [3.63, 3.8) is 0 Å². The molecule has 2 atom stereocenters. The van der Waals surface area contributed by atoms with Gasteiger partial charge in [-0.3, -0.25) is 4.79 Å². The zero-order chi connectivity index (χ0) is 20.2. The molecule has 0 saturated heterocycles. The van der Waals surface area contributed by atoms with Crippen molar-refractivity contribution in [1.82, 2.24) is 5.43 Å². The number of phenolic OH excluding ortho intramolecular Hbond substituents is 1. The van der Waals surface area contributed by atoms with Crippen LogP contribution in [-0.2, 0) is 4.79 Å². The molecule has 4 saturated carbocycles. The molecule has 152 valence electrons. The van der Waals surface area contributed by atoms with E-state index >= 15 is 0 Å². The molecular formula is C22H29BrN2O3. The molecule has 5 rings (SSSR count). The highest BCUT2D eigenvalue weighted by Crippen LogP contribution is 2.69. The number of hydrogen-bond donors (Lipinski definition) is 2. The van der Waals surface area contributed by atoms with Crippen molar-refractivity contribution in [2.45, 2.75) is 59.3 Å². The number of hydrogen-bond acceptors (Lipinski definition) is 4. The van der Waals surface area contributed by atoms with Crippen molar-refractivity contribution in [1.29, 1.82) is 0 Å². The van der Waals surface area contributed by atoms with E-state index in [-0.39, 0.29) is 17.1 Å². The number of aromatic hydroxyl groups is 1. The standard InChI is InChI=1S/C22H29BrN2O3/c1-4-28-17-6-14(5-16(23)18(17)26)10-24-25-19(27)22-9-15-7-20(2,12-22)11-21(3,8-15)13-22/h5-6,10,15,26H,4,7-9,11-13H2,1-3H3,(H,25,27)/b24-10+. The van der Waals surface area contributed by atoms with Gasteiger partial charge in [-0.15, -0.1) is 0 Å². The molecule has 4 fully saturated rings. The highest BCUT2D eigenvalue weighted by Gasteiger charge is 2.62. The van der Waals surface area contributed by atoms with Crippen molar-refractivity contribution >= 4 is 28.1 Å². The van der Waals surface area contributed by atoms with Crippen LogP contribution in [0.15, 0.2) is 21.7 Å². The summed E-state index contributed by atoms with van der Waals surface area (Å²) in [7, 11) is 0. The zero-order valence-electron chi connectivity index (χ0n) is 16.8. The second kappa shape index (κ2) is 6.75. The summed E-state index contributed by atoms with van der Waals surface area (Å²) in [5.41, 5.74) is 3.89. The van der Waals surface area contributed by atoms with Crippen LogP contribution in [0, 0.1) is 22.2 Å². The number of carbonyl (C=O) groups is 1. The van der Waals surface area contributed by atoms with Gasteiger partial charge in [0.15, 0.2) is 11.5 Å². The maximum Gasteiger partial charge on any atom is 0.246 e. The molecule has 0 aliphatic heterocycles. The van der Waals surface area contributed by atoms with Crippen LogP contribution in [-0.4, -0.2) is 23.8 Å². The summed E-state index contributed by atoms with van der Waals surface area (Å²) < 4.78 is 5.98. The van der Waals surface area contributed by atoms with Crippen molar-refractivity contribution < 1.29 is 14.6 Å². The molecular weight excluding hydrogens is 420 g/mol. The third-order valence-electron chi connectivity index (χ3n) is 6.84. The summed E-state index contributed by atoms with van der Waals surface area (Å²) in [5, 5.41) is 14.3. The number of phenols is 1. The summed E-state index contributed by atoms with van der Waals surface area (Å²) in [5.74, 6) is 1.20. The molecule has 1 aromatic rings. The predicted molar refractivity (Wildman–Crippen MR) is 113 cm³/mol. The molecule has 28 heavy (non-hydrogen) atoms. The van der Waals surface area contributed by atoms with Gasteiger partial charge in [0.25, 0.3) is 0 Å². The first kappa shape index (κ1) is 19.7. The first-order valence-corrected chi connectivity index (χ1v) is 10.9. The van der Waals surface area contributed by atoms with Crippen molar-refractivity contribution in [3.05, 3.63) is 22.2 Å². The first-order chi connectivity index (χ1) is 13.2. The summed E-state index contributed by atoms with van der Waals surface area (Å²) in [6.07, 6.45) is 8.34. The van der Waals surface area contributed by atoms with Crippen LogP contribution in [0.25, 0.3) is 0 Å². The molecule has 0 aromatic heterocycles. The number of hydrazone groups is 1. The molecule has 4 bridgehead atoms. The van der Waals surface area contributed by atoms with Gasteiger partial charge in [-0.1, -0.05) is 13.8 Å². The van der Waals surface area contributed by atoms with Gasteiger partial charge in [0, 0.05) is 0 Å². The topological polar surface area (TPSA) is 70.9 Å². The number of nitrogens with one attached hydrogen (secondary N) is 1. The number of ether oxygens (including phenoxy) is 1. The zero-order valence-corrected chi connectivity index (χ0v) is 18.4. The summed E-state index contributed by atoms with van der Waals surface area (Å²) >= 11 is 3.33. The largest absolute Gasteiger partial charge is 0.503 e.